The van der Waals surface area contributed by atoms with Gasteiger partial charge in [-0.05, 0) is 18.8 Å². The highest BCUT2D eigenvalue weighted by Crippen LogP contribution is 2.27. The second-order valence-corrected chi connectivity index (χ2v) is 3.00. The van der Waals surface area contributed by atoms with Crippen LogP contribution >= 0.6 is 11.6 Å². The molecule has 1 aliphatic heterocycles. The maximum absolute atomic E-state index is 6.00. The summed E-state index contributed by atoms with van der Waals surface area (Å²) in [4.78, 5) is 4.20. The molecule has 0 fully saturated rings. The van der Waals surface area contributed by atoms with Crippen molar-refractivity contribution >= 4 is 17.8 Å². The lowest BCUT2D eigenvalue weighted by atomic mass is 10.0. The molecule has 1 aliphatic rings. The molecule has 1 unspecified atom stereocenters. The van der Waals surface area contributed by atoms with Gasteiger partial charge < -0.3 is 0 Å². The molecule has 0 aromatic heterocycles. The third-order valence-electron chi connectivity index (χ3n) is 1.75. The minimum absolute atomic E-state index is 0.481. The van der Waals surface area contributed by atoms with Gasteiger partial charge in [0.05, 0.1) is 5.70 Å². The van der Waals surface area contributed by atoms with E-state index in [9.17, 15) is 0 Å². The molecule has 0 aromatic rings. The lowest BCUT2D eigenvalue weighted by molar-refractivity contribution is 0.727. The minimum atomic E-state index is 0.481. The van der Waals surface area contributed by atoms with Crippen molar-refractivity contribution in [2.45, 2.75) is 26.7 Å². The summed E-state index contributed by atoms with van der Waals surface area (Å²) in [7, 11) is 0. The van der Waals surface area contributed by atoms with Crippen molar-refractivity contribution in [3.63, 3.8) is 0 Å². The second kappa shape index (κ2) is 3.20. The monoisotopic (exact) mass is 157 g/mol. The Morgan fingerprint density at radius 3 is 3.00 bits per heavy atom. The topological polar surface area (TPSA) is 12.4 Å². The van der Waals surface area contributed by atoms with E-state index in [0.29, 0.717) is 5.92 Å². The lowest BCUT2D eigenvalue weighted by Gasteiger charge is -2.14. The summed E-state index contributed by atoms with van der Waals surface area (Å²) in [5.41, 5.74) is 1.06. The fraction of sp³-hybridized carbons (Fsp3) is 0.625. The van der Waals surface area contributed by atoms with Gasteiger partial charge in [0.25, 0.3) is 0 Å². The van der Waals surface area contributed by atoms with Crippen molar-refractivity contribution in [1.29, 1.82) is 0 Å². The van der Waals surface area contributed by atoms with Gasteiger partial charge in [-0.2, -0.15) is 0 Å². The molecule has 1 heterocycles. The standard InChI is InChI=1S/C8H12ClN/c1-3-7-8(9)6(2)4-5-10-7/h5-6H,3-4H2,1-2H3. The smallest absolute Gasteiger partial charge is 0.0544 e. The molecule has 0 N–H and O–H groups in total. The van der Waals surface area contributed by atoms with Gasteiger partial charge in [-0.1, -0.05) is 25.4 Å². The van der Waals surface area contributed by atoms with Crippen LogP contribution in [0.25, 0.3) is 0 Å². The van der Waals surface area contributed by atoms with Gasteiger partial charge >= 0.3 is 0 Å². The van der Waals surface area contributed by atoms with Crippen LogP contribution in [0.1, 0.15) is 26.7 Å². The van der Waals surface area contributed by atoms with E-state index in [-0.39, 0.29) is 0 Å². The van der Waals surface area contributed by atoms with Crippen LogP contribution in [0.2, 0.25) is 0 Å². The largest absolute Gasteiger partial charge is 0.264 e. The predicted molar refractivity (Wildman–Crippen MR) is 45.4 cm³/mol. The zero-order valence-electron chi connectivity index (χ0n) is 6.39. The third kappa shape index (κ3) is 1.40. The Kier molecular flexibility index (Phi) is 2.50. The van der Waals surface area contributed by atoms with Gasteiger partial charge in [0.2, 0.25) is 0 Å². The number of aliphatic imine (C=N–C) groups is 1. The van der Waals surface area contributed by atoms with Crippen molar-refractivity contribution < 1.29 is 0 Å². The molecule has 10 heavy (non-hydrogen) atoms. The van der Waals surface area contributed by atoms with E-state index in [1.165, 1.54) is 0 Å². The van der Waals surface area contributed by atoms with E-state index < -0.39 is 0 Å². The molecule has 0 amide bonds. The van der Waals surface area contributed by atoms with E-state index in [1.807, 2.05) is 6.21 Å². The highest BCUT2D eigenvalue weighted by atomic mass is 35.5. The first kappa shape index (κ1) is 7.80. The maximum Gasteiger partial charge on any atom is 0.0544 e. The maximum atomic E-state index is 6.00. The van der Waals surface area contributed by atoms with Crippen LogP contribution in [0.3, 0.4) is 0 Å². The van der Waals surface area contributed by atoms with E-state index in [2.05, 4.69) is 18.8 Å². The van der Waals surface area contributed by atoms with Crippen LogP contribution in [-0.4, -0.2) is 6.21 Å². The molecular formula is C8H12ClN. The number of allylic oxidation sites excluding steroid dienone is 2. The zero-order chi connectivity index (χ0) is 7.56. The molecule has 0 aliphatic carbocycles. The third-order valence-corrected chi connectivity index (χ3v) is 2.34. The van der Waals surface area contributed by atoms with Crippen molar-refractivity contribution in [3.8, 4) is 0 Å². The van der Waals surface area contributed by atoms with Gasteiger partial charge in [0.1, 0.15) is 0 Å². The first-order valence-electron chi connectivity index (χ1n) is 3.66. The Morgan fingerprint density at radius 1 is 1.80 bits per heavy atom. The van der Waals surface area contributed by atoms with E-state index in [0.717, 1.165) is 23.6 Å². The number of halogens is 1. The molecule has 0 radical (unpaired) electrons. The average Bonchev–Trinajstić information content (AvgIpc) is 1.95. The Morgan fingerprint density at radius 2 is 2.50 bits per heavy atom. The van der Waals surface area contributed by atoms with Crippen molar-refractivity contribution in [2.24, 2.45) is 10.9 Å². The van der Waals surface area contributed by atoms with Gasteiger partial charge in [-0.15, -0.1) is 0 Å². The number of hydrogen-bond donors (Lipinski definition) is 0. The van der Waals surface area contributed by atoms with Crippen molar-refractivity contribution in [3.05, 3.63) is 10.7 Å². The van der Waals surface area contributed by atoms with Crippen LogP contribution in [-0.2, 0) is 0 Å². The van der Waals surface area contributed by atoms with E-state index in [4.69, 9.17) is 11.6 Å². The molecule has 0 saturated carbocycles. The molecule has 1 rings (SSSR count). The van der Waals surface area contributed by atoms with Gasteiger partial charge in [-0.3, -0.25) is 4.99 Å². The second-order valence-electron chi connectivity index (χ2n) is 2.60. The first-order chi connectivity index (χ1) is 4.75. The van der Waals surface area contributed by atoms with Crippen LogP contribution in [0, 0.1) is 5.92 Å². The summed E-state index contributed by atoms with van der Waals surface area (Å²) in [6.07, 6.45) is 3.89. The van der Waals surface area contributed by atoms with Gasteiger partial charge in [-0.25, -0.2) is 0 Å². The Bertz CT molecular complexity index is 182. The van der Waals surface area contributed by atoms with Crippen molar-refractivity contribution in [1.82, 2.24) is 0 Å². The quantitative estimate of drug-likeness (QED) is 0.555. The van der Waals surface area contributed by atoms with E-state index in [1.54, 1.807) is 0 Å². The first-order valence-corrected chi connectivity index (χ1v) is 4.04. The van der Waals surface area contributed by atoms with Gasteiger partial charge in [0, 0.05) is 11.2 Å². The van der Waals surface area contributed by atoms with Gasteiger partial charge in [0.15, 0.2) is 0 Å². The molecule has 56 valence electrons. The summed E-state index contributed by atoms with van der Waals surface area (Å²) < 4.78 is 0. The zero-order valence-corrected chi connectivity index (χ0v) is 7.15. The summed E-state index contributed by atoms with van der Waals surface area (Å²) >= 11 is 6.00. The van der Waals surface area contributed by atoms with E-state index >= 15 is 0 Å². The average molecular weight is 158 g/mol. The molecule has 0 spiro atoms. The molecule has 0 aromatic carbocycles. The van der Waals surface area contributed by atoms with Crippen LogP contribution in [0.5, 0.6) is 0 Å². The fourth-order valence-corrected chi connectivity index (χ4v) is 1.30. The van der Waals surface area contributed by atoms with Crippen molar-refractivity contribution in [2.75, 3.05) is 0 Å². The number of nitrogens with zero attached hydrogens (tertiary/aromatic N) is 1. The highest BCUT2D eigenvalue weighted by Gasteiger charge is 2.12. The Hall–Kier alpha value is -0.300. The van der Waals surface area contributed by atoms with Crippen LogP contribution in [0.4, 0.5) is 0 Å². The molecule has 0 saturated heterocycles. The summed E-state index contributed by atoms with van der Waals surface area (Å²) in [6, 6.07) is 0. The molecule has 1 atom stereocenters. The lowest BCUT2D eigenvalue weighted by Crippen LogP contribution is -2.03. The molecular weight excluding hydrogens is 146 g/mol. The number of hydrogen-bond acceptors (Lipinski definition) is 1. The highest BCUT2D eigenvalue weighted by molar-refractivity contribution is 6.30. The SMILES string of the molecule is CCC1=C(Cl)C(C)CC=N1. The molecule has 2 heteroatoms. The Balaban J connectivity index is 2.82. The summed E-state index contributed by atoms with van der Waals surface area (Å²) in [5.74, 6) is 0.481. The Labute approximate surface area is 66.8 Å². The summed E-state index contributed by atoms with van der Waals surface area (Å²) in [6.45, 7) is 4.20. The minimum Gasteiger partial charge on any atom is -0.264 e. The molecule has 1 nitrogen and oxygen atoms in total. The predicted octanol–water partition coefficient (Wildman–Crippen LogP) is 2.96. The van der Waals surface area contributed by atoms with Crippen LogP contribution in [0.15, 0.2) is 15.7 Å². The molecule has 0 bridgehead atoms. The number of rotatable bonds is 1. The fourth-order valence-electron chi connectivity index (χ4n) is 1.03. The normalized spacial score (nSPS) is 25.7. The summed E-state index contributed by atoms with van der Waals surface area (Å²) in [5, 5.41) is 0.949. The van der Waals surface area contributed by atoms with Crippen LogP contribution < -0.4 is 0 Å².